The molecule has 9 aromatic rings. The number of nitrogens with zero attached hydrogens (tertiary/aromatic N) is 1. The first-order chi connectivity index (χ1) is 21.3. The second-order valence-electron chi connectivity index (χ2n) is 10.9. The molecule has 0 N–H and O–H groups in total. The third kappa shape index (κ3) is 3.86. The van der Waals surface area contributed by atoms with Crippen LogP contribution >= 0.6 is 11.3 Å². The zero-order chi connectivity index (χ0) is 28.3. The maximum atomic E-state index is 6.31. The molecule has 0 amide bonds. The molecular weight excluding hydrogens is 543 g/mol. The molecule has 0 radical (unpaired) electrons. The lowest BCUT2D eigenvalue weighted by Crippen LogP contribution is -2.10. The van der Waals surface area contributed by atoms with Gasteiger partial charge in [-0.05, 0) is 71.1 Å². The average molecular weight is 568 g/mol. The number of hydrogen-bond donors (Lipinski definition) is 0. The Kier molecular flexibility index (Phi) is 5.40. The Hall–Kier alpha value is -5.38. The molecule has 2 aromatic heterocycles. The number of hydrogen-bond acceptors (Lipinski definition) is 3. The van der Waals surface area contributed by atoms with E-state index in [0.29, 0.717) is 0 Å². The number of para-hydroxylation sites is 2. The van der Waals surface area contributed by atoms with Crippen LogP contribution in [0.1, 0.15) is 0 Å². The molecule has 0 aliphatic rings. The van der Waals surface area contributed by atoms with Crippen molar-refractivity contribution in [2.45, 2.75) is 0 Å². The fourth-order valence-electron chi connectivity index (χ4n) is 6.48. The van der Waals surface area contributed by atoms with E-state index in [9.17, 15) is 0 Å². The number of rotatable bonds is 4. The quantitative estimate of drug-likeness (QED) is 0.210. The Labute approximate surface area is 252 Å². The Bertz CT molecular complexity index is 2470. The largest absolute Gasteiger partial charge is 0.456 e. The molecule has 0 saturated heterocycles. The molecule has 3 heteroatoms. The molecule has 9 rings (SSSR count). The van der Waals surface area contributed by atoms with Crippen LogP contribution in [0.2, 0.25) is 0 Å². The normalized spacial score (nSPS) is 11.7. The van der Waals surface area contributed by atoms with E-state index in [2.05, 4.69) is 144 Å². The fraction of sp³-hybridized carbons (Fsp3) is 0. The average Bonchev–Trinajstić information content (AvgIpc) is 3.63. The Morgan fingerprint density at radius 2 is 1.12 bits per heavy atom. The lowest BCUT2D eigenvalue weighted by molar-refractivity contribution is 0.669. The molecule has 0 bridgehead atoms. The van der Waals surface area contributed by atoms with Gasteiger partial charge in [0.05, 0.1) is 5.69 Å². The van der Waals surface area contributed by atoms with Gasteiger partial charge in [-0.3, -0.25) is 0 Å². The Morgan fingerprint density at radius 1 is 0.419 bits per heavy atom. The Morgan fingerprint density at radius 3 is 2.00 bits per heavy atom. The molecular formula is C40H25NOS. The minimum Gasteiger partial charge on any atom is -0.456 e. The standard InChI is InChI=1S/C40H25NOS/c1-2-10-27(11-3-1)41(28-19-20-33-32-14-6-8-16-37(32)42-38(33)25-28)36-22-21-29(30-12-4-5-13-31(30)36)26-18-23-40-35(24-26)34-15-7-9-17-39(34)43-40/h1-25H. The second kappa shape index (κ2) is 9.59. The van der Waals surface area contributed by atoms with Crippen LogP contribution in [0.5, 0.6) is 0 Å². The third-order valence-electron chi connectivity index (χ3n) is 8.46. The molecule has 202 valence electrons. The van der Waals surface area contributed by atoms with E-state index >= 15 is 0 Å². The maximum Gasteiger partial charge on any atom is 0.137 e. The highest BCUT2D eigenvalue weighted by Crippen LogP contribution is 2.44. The van der Waals surface area contributed by atoms with E-state index < -0.39 is 0 Å². The molecule has 0 unspecified atom stereocenters. The van der Waals surface area contributed by atoms with Gasteiger partial charge in [-0.25, -0.2) is 0 Å². The van der Waals surface area contributed by atoms with Gasteiger partial charge < -0.3 is 9.32 Å². The number of thiophene rings is 1. The molecule has 0 aliphatic heterocycles. The van der Waals surface area contributed by atoms with Crippen molar-refractivity contribution in [1.29, 1.82) is 0 Å². The van der Waals surface area contributed by atoms with Crippen LogP contribution in [0.4, 0.5) is 17.1 Å². The first-order valence-electron chi connectivity index (χ1n) is 14.5. The van der Waals surface area contributed by atoms with Gasteiger partial charge in [0.1, 0.15) is 11.2 Å². The first kappa shape index (κ1) is 24.2. The summed E-state index contributed by atoms with van der Waals surface area (Å²) in [7, 11) is 0. The van der Waals surface area contributed by atoms with Gasteiger partial charge in [0, 0.05) is 53.8 Å². The van der Waals surface area contributed by atoms with Gasteiger partial charge in [0.15, 0.2) is 0 Å². The molecule has 2 nitrogen and oxygen atoms in total. The SMILES string of the molecule is c1ccc(N(c2ccc3c(c2)oc2ccccc23)c2ccc(-c3ccc4sc5ccccc5c4c3)c3ccccc23)cc1. The number of fused-ring (bicyclic) bond motifs is 7. The van der Waals surface area contributed by atoms with Crippen molar-refractivity contribution in [2.24, 2.45) is 0 Å². The zero-order valence-corrected chi connectivity index (χ0v) is 24.0. The first-order valence-corrected chi connectivity index (χ1v) is 15.3. The molecule has 0 fully saturated rings. The topological polar surface area (TPSA) is 16.4 Å². The monoisotopic (exact) mass is 567 g/mol. The molecule has 43 heavy (non-hydrogen) atoms. The lowest BCUT2D eigenvalue weighted by atomic mass is 9.95. The van der Waals surface area contributed by atoms with Crippen molar-refractivity contribution in [3.8, 4) is 11.1 Å². The van der Waals surface area contributed by atoms with Crippen molar-refractivity contribution in [1.82, 2.24) is 0 Å². The minimum absolute atomic E-state index is 0.886. The third-order valence-corrected chi connectivity index (χ3v) is 9.62. The summed E-state index contributed by atoms with van der Waals surface area (Å²) in [5, 5.41) is 7.33. The van der Waals surface area contributed by atoms with Gasteiger partial charge in [0.25, 0.3) is 0 Å². The van der Waals surface area contributed by atoms with Gasteiger partial charge in [-0.1, -0.05) is 91.0 Å². The Balaban J connectivity index is 1.25. The summed E-state index contributed by atoms with van der Waals surface area (Å²) in [5.74, 6) is 0. The zero-order valence-electron chi connectivity index (χ0n) is 23.2. The van der Waals surface area contributed by atoms with Crippen LogP contribution in [0.3, 0.4) is 0 Å². The highest BCUT2D eigenvalue weighted by molar-refractivity contribution is 7.25. The summed E-state index contributed by atoms with van der Waals surface area (Å²) in [6.07, 6.45) is 0. The highest BCUT2D eigenvalue weighted by Gasteiger charge is 2.19. The van der Waals surface area contributed by atoms with Crippen LogP contribution in [-0.4, -0.2) is 0 Å². The minimum atomic E-state index is 0.886. The summed E-state index contributed by atoms with van der Waals surface area (Å²) in [6, 6.07) is 54.3. The molecule has 7 aromatic carbocycles. The number of furan rings is 1. The van der Waals surface area contributed by atoms with Crippen molar-refractivity contribution >= 4 is 81.3 Å². The summed E-state index contributed by atoms with van der Waals surface area (Å²) in [5.41, 5.74) is 7.54. The smallest absolute Gasteiger partial charge is 0.137 e. The van der Waals surface area contributed by atoms with Crippen LogP contribution in [-0.2, 0) is 0 Å². The van der Waals surface area contributed by atoms with Gasteiger partial charge in [-0.2, -0.15) is 0 Å². The van der Waals surface area contributed by atoms with E-state index in [1.807, 2.05) is 23.5 Å². The van der Waals surface area contributed by atoms with Crippen molar-refractivity contribution in [3.05, 3.63) is 152 Å². The van der Waals surface area contributed by atoms with Crippen LogP contribution in [0.15, 0.2) is 156 Å². The van der Waals surface area contributed by atoms with Gasteiger partial charge >= 0.3 is 0 Å². The number of benzene rings is 7. The molecule has 0 aliphatic carbocycles. The summed E-state index contributed by atoms with van der Waals surface area (Å²) in [4.78, 5) is 2.34. The number of anilines is 3. The van der Waals surface area contributed by atoms with Crippen molar-refractivity contribution in [2.75, 3.05) is 4.90 Å². The lowest BCUT2D eigenvalue weighted by Gasteiger charge is -2.27. The van der Waals surface area contributed by atoms with Crippen LogP contribution in [0.25, 0.3) is 64.0 Å². The van der Waals surface area contributed by atoms with Crippen LogP contribution < -0.4 is 4.90 Å². The molecule has 0 saturated carbocycles. The summed E-state index contributed by atoms with van der Waals surface area (Å²) < 4.78 is 8.96. The second-order valence-corrected chi connectivity index (χ2v) is 12.0. The van der Waals surface area contributed by atoms with E-state index in [-0.39, 0.29) is 0 Å². The van der Waals surface area contributed by atoms with Crippen molar-refractivity contribution < 1.29 is 4.42 Å². The molecule has 0 atom stereocenters. The van der Waals surface area contributed by atoms with E-state index in [4.69, 9.17) is 4.42 Å². The van der Waals surface area contributed by atoms with Crippen molar-refractivity contribution in [3.63, 3.8) is 0 Å². The fourth-order valence-corrected chi connectivity index (χ4v) is 7.57. The van der Waals surface area contributed by atoms with Crippen LogP contribution in [0, 0.1) is 0 Å². The molecule has 0 spiro atoms. The maximum absolute atomic E-state index is 6.31. The summed E-state index contributed by atoms with van der Waals surface area (Å²) >= 11 is 1.86. The predicted octanol–water partition coefficient (Wildman–Crippen LogP) is 12.2. The van der Waals surface area contributed by atoms with Gasteiger partial charge in [-0.15, -0.1) is 11.3 Å². The van der Waals surface area contributed by atoms with E-state index in [1.54, 1.807) is 0 Å². The highest BCUT2D eigenvalue weighted by atomic mass is 32.1. The van der Waals surface area contributed by atoms with E-state index in [1.165, 1.54) is 42.1 Å². The van der Waals surface area contributed by atoms with Gasteiger partial charge in [0.2, 0.25) is 0 Å². The molecule has 2 heterocycles. The summed E-state index contributed by atoms with van der Waals surface area (Å²) in [6.45, 7) is 0. The predicted molar refractivity (Wildman–Crippen MR) is 184 cm³/mol. The van der Waals surface area contributed by atoms with E-state index in [0.717, 1.165) is 39.0 Å².